The van der Waals surface area contributed by atoms with Gasteiger partial charge in [-0.25, -0.2) is 0 Å². The highest BCUT2D eigenvalue weighted by molar-refractivity contribution is 8.00. The van der Waals surface area contributed by atoms with Gasteiger partial charge >= 0.3 is 0 Å². The van der Waals surface area contributed by atoms with Crippen molar-refractivity contribution in [3.63, 3.8) is 0 Å². The lowest BCUT2D eigenvalue weighted by Gasteiger charge is -2.06. The minimum Gasteiger partial charge on any atom is -0.497 e. The molecule has 0 saturated carbocycles. The number of benzene rings is 1. The highest BCUT2D eigenvalue weighted by Gasteiger charge is 2.02. The smallest absolute Gasteiger partial charge is 0.230 e. The quantitative estimate of drug-likeness (QED) is 0.521. The monoisotopic (exact) mass is 285 g/mol. The summed E-state index contributed by atoms with van der Waals surface area (Å²) in [6, 6.07) is 7.56. The number of hydrogen-bond donors (Lipinski definition) is 2. The topological polar surface area (TPSA) is 67.8 Å². The summed E-state index contributed by atoms with van der Waals surface area (Å²) in [5.41, 5.74) is 0. The van der Waals surface area contributed by atoms with Gasteiger partial charge in [0.2, 0.25) is 5.91 Å². The van der Waals surface area contributed by atoms with E-state index in [1.165, 1.54) is 11.8 Å². The molecule has 19 heavy (non-hydrogen) atoms. The van der Waals surface area contributed by atoms with Crippen molar-refractivity contribution in [3.8, 4) is 5.75 Å². The lowest BCUT2D eigenvalue weighted by atomic mass is 10.3. The van der Waals surface area contributed by atoms with Gasteiger partial charge < -0.3 is 19.9 Å². The first kappa shape index (κ1) is 15.8. The van der Waals surface area contributed by atoms with E-state index in [0.29, 0.717) is 25.5 Å². The molecule has 2 N–H and O–H groups in total. The Balaban J connectivity index is 2.15. The number of rotatable bonds is 9. The molecule has 0 unspecified atom stereocenters. The minimum absolute atomic E-state index is 0.00126. The van der Waals surface area contributed by atoms with Crippen LogP contribution in [0.1, 0.15) is 0 Å². The van der Waals surface area contributed by atoms with E-state index in [1.54, 1.807) is 7.11 Å². The summed E-state index contributed by atoms with van der Waals surface area (Å²) in [7, 11) is 1.62. The Bertz CT molecular complexity index is 369. The molecule has 5 nitrogen and oxygen atoms in total. The van der Waals surface area contributed by atoms with Crippen molar-refractivity contribution in [1.82, 2.24) is 5.32 Å². The van der Waals surface area contributed by atoms with E-state index in [4.69, 9.17) is 14.6 Å². The van der Waals surface area contributed by atoms with Crippen LogP contribution in [0.25, 0.3) is 0 Å². The van der Waals surface area contributed by atoms with Crippen molar-refractivity contribution in [3.05, 3.63) is 24.3 Å². The zero-order chi connectivity index (χ0) is 13.9. The summed E-state index contributed by atoms with van der Waals surface area (Å²) in [6.45, 7) is 1.18. The second kappa shape index (κ2) is 9.66. The number of aliphatic hydroxyl groups is 1. The third-order valence-corrected chi connectivity index (χ3v) is 3.25. The standard InChI is InChI=1S/C13H19NO4S/c1-17-11-2-4-12(5-3-11)19-10-13(16)14-6-8-18-9-7-15/h2-5,15H,6-10H2,1H3,(H,14,16). The molecular formula is C13H19NO4S. The van der Waals surface area contributed by atoms with E-state index in [0.717, 1.165) is 10.6 Å². The van der Waals surface area contributed by atoms with E-state index in [2.05, 4.69) is 5.32 Å². The Kier molecular flexibility index (Phi) is 8.04. The fourth-order valence-electron chi connectivity index (χ4n) is 1.30. The molecule has 0 saturated heterocycles. The van der Waals surface area contributed by atoms with Crippen LogP contribution >= 0.6 is 11.8 Å². The molecule has 0 aromatic heterocycles. The van der Waals surface area contributed by atoms with Crippen molar-refractivity contribution in [2.24, 2.45) is 0 Å². The van der Waals surface area contributed by atoms with Crippen LogP contribution in [-0.4, -0.2) is 50.2 Å². The number of hydrogen-bond acceptors (Lipinski definition) is 5. The van der Waals surface area contributed by atoms with Crippen molar-refractivity contribution >= 4 is 17.7 Å². The lowest BCUT2D eigenvalue weighted by molar-refractivity contribution is -0.118. The maximum atomic E-state index is 11.5. The molecule has 0 atom stereocenters. The number of methoxy groups -OCH3 is 1. The Morgan fingerprint density at radius 1 is 1.32 bits per heavy atom. The molecule has 0 aliphatic carbocycles. The van der Waals surface area contributed by atoms with Gasteiger partial charge in [0.05, 0.1) is 32.7 Å². The van der Waals surface area contributed by atoms with E-state index < -0.39 is 0 Å². The van der Waals surface area contributed by atoms with E-state index in [1.807, 2.05) is 24.3 Å². The molecule has 0 radical (unpaired) electrons. The molecule has 0 aliphatic rings. The Hall–Kier alpha value is -1.24. The predicted octanol–water partition coefficient (Wildman–Crippen LogP) is 0.912. The van der Waals surface area contributed by atoms with Gasteiger partial charge in [0, 0.05) is 11.4 Å². The van der Waals surface area contributed by atoms with Gasteiger partial charge in [0.25, 0.3) is 0 Å². The van der Waals surface area contributed by atoms with Crippen LogP contribution in [0.4, 0.5) is 0 Å². The Morgan fingerprint density at radius 2 is 2.05 bits per heavy atom. The van der Waals surface area contributed by atoms with Crippen molar-refractivity contribution in [2.75, 3.05) is 39.2 Å². The minimum atomic E-state index is -0.0339. The fraction of sp³-hybridized carbons (Fsp3) is 0.462. The molecule has 0 aliphatic heterocycles. The fourth-order valence-corrected chi connectivity index (χ4v) is 2.03. The van der Waals surface area contributed by atoms with Gasteiger partial charge in [-0.2, -0.15) is 0 Å². The zero-order valence-electron chi connectivity index (χ0n) is 10.9. The average molecular weight is 285 g/mol. The molecule has 1 amide bonds. The van der Waals surface area contributed by atoms with E-state index in [9.17, 15) is 4.79 Å². The summed E-state index contributed by atoms with van der Waals surface area (Å²) in [5, 5.41) is 11.2. The first-order valence-electron chi connectivity index (χ1n) is 5.98. The van der Waals surface area contributed by atoms with Gasteiger partial charge in [-0.15, -0.1) is 11.8 Å². The number of nitrogens with one attached hydrogen (secondary N) is 1. The number of carbonyl (C=O) groups is 1. The van der Waals surface area contributed by atoms with Crippen molar-refractivity contribution < 1.29 is 19.4 Å². The lowest BCUT2D eigenvalue weighted by Crippen LogP contribution is -2.29. The van der Waals surface area contributed by atoms with Crippen LogP contribution < -0.4 is 10.1 Å². The maximum Gasteiger partial charge on any atom is 0.230 e. The number of ether oxygens (including phenoxy) is 2. The SMILES string of the molecule is COc1ccc(SCC(=O)NCCOCCO)cc1. The van der Waals surface area contributed by atoms with Crippen molar-refractivity contribution in [1.29, 1.82) is 0 Å². The second-order valence-corrected chi connectivity index (χ2v) is 4.70. The molecule has 0 heterocycles. The molecule has 0 spiro atoms. The number of carbonyl (C=O) groups excluding carboxylic acids is 1. The molecule has 106 valence electrons. The predicted molar refractivity (Wildman–Crippen MR) is 74.6 cm³/mol. The van der Waals surface area contributed by atoms with Crippen molar-refractivity contribution in [2.45, 2.75) is 4.90 Å². The van der Waals surface area contributed by atoms with E-state index >= 15 is 0 Å². The highest BCUT2D eigenvalue weighted by atomic mass is 32.2. The maximum absolute atomic E-state index is 11.5. The van der Waals surface area contributed by atoms with Gasteiger partial charge in [-0.1, -0.05) is 0 Å². The second-order valence-electron chi connectivity index (χ2n) is 3.65. The van der Waals surface area contributed by atoms with E-state index in [-0.39, 0.29) is 12.5 Å². The molecular weight excluding hydrogens is 266 g/mol. The highest BCUT2D eigenvalue weighted by Crippen LogP contribution is 2.20. The summed E-state index contributed by atoms with van der Waals surface area (Å²) in [5.74, 6) is 1.13. The average Bonchev–Trinajstić information content (AvgIpc) is 2.45. The summed E-state index contributed by atoms with van der Waals surface area (Å²) in [6.07, 6.45) is 0. The van der Waals surface area contributed by atoms with Crippen LogP contribution in [0.3, 0.4) is 0 Å². The molecule has 1 rings (SSSR count). The van der Waals surface area contributed by atoms with Gasteiger partial charge in [-0.3, -0.25) is 4.79 Å². The largest absolute Gasteiger partial charge is 0.497 e. The summed E-state index contributed by atoms with van der Waals surface area (Å²) < 4.78 is 10.1. The first-order valence-corrected chi connectivity index (χ1v) is 6.97. The van der Waals surface area contributed by atoms with Crippen LogP contribution in [0, 0.1) is 0 Å². The normalized spacial score (nSPS) is 10.2. The van der Waals surface area contributed by atoms with Gasteiger partial charge in [0.1, 0.15) is 5.75 Å². The van der Waals surface area contributed by atoms with Gasteiger partial charge in [-0.05, 0) is 24.3 Å². The third kappa shape index (κ3) is 7.05. The zero-order valence-corrected chi connectivity index (χ0v) is 11.7. The molecule has 6 heteroatoms. The van der Waals surface area contributed by atoms with Gasteiger partial charge in [0.15, 0.2) is 0 Å². The van der Waals surface area contributed by atoms with Crippen LogP contribution in [0.2, 0.25) is 0 Å². The number of amides is 1. The molecule has 0 fully saturated rings. The Labute approximate surface area is 117 Å². The van der Waals surface area contributed by atoms with Crippen LogP contribution in [-0.2, 0) is 9.53 Å². The molecule has 0 bridgehead atoms. The third-order valence-electron chi connectivity index (χ3n) is 2.23. The molecule has 1 aromatic carbocycles. The molecule has 1 aromatic rings. The summed E-state index contributed by atoms with van der Waals surface area (Å²) in [4.78, 5) is 12.5. The number of aliphatic hydroxyl groups excluding tert-OH is 1. The van der Waals surface area contributed by atoms with Crippen LogP contribution in [0.5, 0.6) is 5.75 Å². The number of thioether (sulfide) groups is 1. The van der Waals surface area contributed by atoms with Crippen LogP contribution in [0.15, 0.2) is 29.2 Å². The Morgan fingerprint density at radius 3 is 2.68 bits per heavy atom. The summed E-state index contributed by atoms with van der Waals surface area (Å²) >= 11 is 1.47. The first-order chi connectivity index (χ1) is 9.26.